The Labute approximate surface area is 103 Å². The van der Waals surface area contributed by atoms with Crippen LogP contribution in [0.2, 0.25) is 0 Å². The maximum absolute atomic E-state index is 12.0. The fraction of sp³-hybridized carbons (Fsp3) is 0.400. The molecule has 2 N–H and O–H groups in total. The van der Waals surface area contributed by atoms with Crippen molar-refractivity contribution in [3.63, 3.8) is 0 Å². The molecule has 1 saturated carbocycles. The third kappa shape index (κ3) is 2.96. The van der Waals surface area contributed by atoms with E-state index in [1.54, 1.807) is 6.08 Å². The summed E-state index contributed by atoms with van der Waals surface area (Å²) in [5.74, 6) is 0.443. The topological polar surface area (TPSA) is 43.1 Å². The first-order valence-electron chi connectivity index (χ1n) is 6.25. The van der Waals surface area contributed by atoms with Crippen molar-refractivity contribution in [1.29, 1.82) is 0 Å². The Bertz CT molecular complexity index is 425. The van der Waals surface area contributed by atoms with E-state index in [0.29, 0.717) is 5.92 Å². The third-order valence-electron chi connectivity index (χ3n) is 3.46. The van der Waals surface area contributed by atoms with Gasteiger partial charge in [-0.05, 0) is 25.7 Å². The lowest BCUT2D eigenvalue weighted by Gasteiger charge is -2.08. The van der Waals surface area contributed by atoms with Gasteiger partial charge >= 0.3 is 0 Å². The molecule has 90 valence electrons. The molecule has 0 bridgehead atoms. The van der Waals surface area contributed by atoms with Crippen molar-refractivity contribution in [3.8, 4) is 0 Å². The summed E-state index contributed by atoms with van der Waals surface area (Å²) in [5, 5.41) is 0. The number of rotatable bonds is 3. The highest BCUT2D eigenvalue weighted by molar-refractivity contribution is 6.04. The average molecular weight is 229 g/mol. The molecule has 0 radical (unpaired) electrons. The van der Waals surface area contributed by atoms with Crippen molar-refractivity contribution in [1.82, 2.24) is 0 Å². The zero-order chi connectivity index (χ0) is 12.3. The summed E-state index contributed by atoms with van der Waals surface area (Å²) in [6.07, 6.45) is 6.34. The first-order valence-corrected chi connectivity index (χ1v) is 6.25. The number of carbonyl (C=O) groups is 1. The lowest BCUT2D eigenvalue weighted by Crippen LogP contribution is -2.11. The molecule has 1 aliphatic rings. The average Bonchev–Trinajstić information content (AvgIpc) is 2.83. The van der Waals surface area contributed by atoms with Crippen LogP contribution in [0.25, 0.3) is 0 Å². The first kappa shape index (κ1) is 11.9. The van der Waals surface area contributed by atoms with E-state index in [9.17, 15) is 4.79 Å². The highest BCUT2D eigenvalue weighted by Gasteiger charge is 2.18. The largest absolute Gasteiger partial charge is 0.402 e. The van der Waals surface area contributed by atoms with Gasteiger partial charge in [-0.15, -0.1) is 0 Å². The second-order valence-corrected chi connectivity index (χ2v) is 4.86. The quantitative estimate of drug-likeness (QED) is 0.639. The summed E-state index contributed by atoms with van der Waals surface area (Å²) < 4.78 is 0. The molecule has 0 amide bonds. The monoisotopic (exact) mass is 229 g/mol. The Morgan fingerprint density at radius 3 is 2.41 bits per heavy atom. The van der Waals surface area contributed by atoms with Gasteiger partial charge in [0.2, 0.25) is 0 Å². The molecule has 2 heteroatoms. The van der Waals surface area contributed by atoms with Crippen LogP contribution in [0.15, 0.2) is 36.0 Å². The van der Waals surface area contributed by atoms with E-state index in [0.717, 1.165) is 29.7 Å². The second kappa shape index (κ2) is 5.17. The van der Waals surface area contributed by atoms with E-state index >= 15 is 0 Å². The molecular weight excluding hydrogens is 210 g/mol. The number of aryl methyl sites for hydroxylation is 1. The van der Waals surface area contributed by atoms with E-state index in [1.165, 1.54) is 12.8 Å². The third-order valence-corrected chi connectivity index (χ3v) is 3.46. The Hall–Kier alpha value is -1.57. The molecule has 0 atom stereocenters. The number of ketones is 1. The molecule has 0 saturated heterocycles. The number of benzene rings is 1. The molecule has 1 aromatic rings. The standard InChI is InChI=1S/C15H19NO/c1-11-6-8-13(9-7-11)15(17)10-14(16)12-4-2-3-5-12/h6-10,12H,2-5,16H2,1H3/b14-10-. The minimum Gasteiger partial charge on any atom is -0.402 e. The zero-order valence-corrected chi connectivity index (χ0v) is 10.3. The molecule has 0 unspecified atom stereocenters. The molecule has 0 spiro atoms. The highest BCUT2D eigenvalue weighted by atomic mass is 16.1. The summed E-state index contributed by atoms with van der Waals surface area (Å²) in [6.45, 7) is 2.01. The van der Waals surface area contributed by atoms with Crippen LogP contribution in [-0.2, 0) is 0 Å². The van der Waals surface area contributed by atoms with Gasteiger partial charge in [-0.2, -0.15) is 0 Å². The molecule has 1 aliphatic carbocycles. The van der Waals surface area contributed by atoms with E-state index < -0.39 is 0 Å². The Morgan fingerprint density at radius 2 is 1.82 bits per heavy atom. The van der Waals surface area contributed by atoms with Gasteiger partial charge in [-0.1, -0.05) is 42.7 Å². The molecule has 0 aliphatic heterocycles. The molecule has 0 heterocycles. The lowest BCUT2D eigenvalue weighted by molar-refractivity contribution is 0.104. The van der Waals surface area contributed by atoms with Crippen molar-refractivity contribution in [2.75, 3.05) is 0 Å². The second-order valence-electron chi connectivity index (χ2n) is 4.86. The fourth-order valence-corrected chi connectivity index (χ4v) is 2.33. The first-order chi connectivity index (χ1) is 8.16. The summed E-state index contributed by atoms with van der Waals surface area (Å²) in [4.78, 5) is 12.0. The van der Waals surface area contributed by atoms with Gasteiger partial charge in [0.05, 0.1) is 0 Å². The zero-order valence-electron chi connectivity index (χ0n) is 10.3. The van der Waals surface area contributed by atoms with Gasteiger partial charge in [-0.3, -0.25) is 4.79 Å². The molecule has 1 aromatic carbocycles. The van der Waals surface area contributed by atoms with Crippen LogP contribution in [0.5, 0.6) is 0 Å². The van der Waals surface area contributed by atoms with Crippen LogP contribution in [0.4, 0.5) is 0 Å². The SMILES string of the molecule is Cc1ccc(C(=O)/C=C(\N)C2CCCC2)cc1. The minimum atomic E-state index is 0.0226. The normalized spacial score (nSPS) is 17.4. The molecule has 2 rings (SSSR count). The molecule has 17 heavy (non-hydrogen) atoms. The summed E-state index contributed by atoms with van der Waals surface area (Å²) in [6, 6.07) is 7.62. The summed E-state index contributed by atoms with van der Waals surface area (Å²) >= 11 is 0. The van der Waals surface area contributed by atoms with E-state index in [4.69, 9.17) is 5.73 Å². The van der Waals surface area contributed by atoms with Crippen LogP contribution in [0.3, 0.4) is 0 Å². The van der Waals surface area contributed by atoms with Crippen molar-refractivity contribution in [2.45, 2.75) is 32.6 Å². The number of hydrogen-bond acceptors (Lipinski definition) is 2. The van der Waals surface area contributed by atoms with Crippen LogP contribution < -0.4 is 5.73 Å². The predicted molar refractivity (Wildman–Crippen MR) is 69.7 cm³/mol. The Kier molecular flexibility index (Phi) is 3.62. The Balaban J connectivity index is 2.09. The molecule has 2 nitrogen and oxygen atoms in total. The van der Waals surface area contributed by atoms with Crippen LogP contribution in [0.1, 0.15) is 41.6 Å². The van der Waals surface area contributed by atoms with Gasteiger partial charge in [0.1, 0.15) is 0 Å². The molecule has 0 aromatic heterocycles. The van der Waals surface area contributed by atoms with E-state index in [1.807, 2.05) is 31.2 Å². The Morgan fingerprint density at radius 1 is 1.24 bits per heavy atom. The maximum atomic E-state index is 12.0. The van der Waals surface area contributed by atoms with Crippen molar-refractivity contribution in [3.05, 3.63) is 47.2 Å². The fourth-order valence-electron chi connectivity index (χ4n) is 2.33. The van der Waals surface area contributed by atoms with Crippen LogP contribution >= 0.6 is 0 Å². The predicted octanol–water partition coefficient (Wildman–Crippen LogP) is 3.21. The van der Waals surface area contributed by atoms with Crippen LogP contribution in [-0.4, -0.2) is 5.78 Å². The van der Waals surface area contributed by atoms with E-state index in [-0.39, 0.29) is 5.78 Å². The lowest BCUT2D eigenvalue weighted by atomic mass is 10.0. The maximum Gasteiger partial charge on any atom is 0.187 e. The van der Waals surface area contributed by atoms with Crippen molar-refractivity contribution < 1.29 is 4.79 Å². The van der Waals surface area contributed by atoms with Crippen molar-refractivity contribution >= 4 is 5.78 Å². The smallest absolute Gasteiger partial charge is 0.187 e. The van der Waals surface area contributed by atoms with Gasteiger partial charge in [0.25, 0.3) is 0 Å². The number of allylic oxidation sites excluding steroid dienone is 2. The van der Waals surface area contributed by atoms with Gasteiger partial charge in [0.15, 0.2) is 5.78 Å². The molecule has 1 fully saturated rings. The van der Waals surface area contributed by atoms with Gasteiger partial charge in [0, 0.05) is 17.3 Å². The van der Waals surface area contributed by atoms with Crippen molar-refractivity contribution in [2.24, 2.45) is 11.7 Å². The van der Waals surface area contributed by atoms with Gasteiger partial charge < -0.3 is 5.73 Å². The molecular formula is C15H19NO. The van der Waals surface area contributed by atoms with E-state index in [2.05, 4.69) is 0 Å². The summed E-state index contributed by atoms with van der Waals surface area (Å²) in [5.41, 5.74) is 8.63. The van der Waals surface area contributed by atoms with Crippen LogP contribution in [0, 0.1) is 12.8 Å². The van der Waals surface area contributed by atoms with Gasteiger partial charge in [-0.25, -0.2) is 0 Å². The number of carbonyl (C=O) groups excluding carboxylic acids is 1. The highest BCUT2D eigenvalue weighted by Crippen LogP contribution is 2.28. The minimum absolute atomic E-state index is 0.0226. The number of nitrogens with two attached hydrogens (primary N) is 1. The summed E-state index contributed by atoms with van der Waals surface area (Å²) in [7, 11) is 0. The number of hydrogen-bond donors (Lipinski definition) is 1.